The molecule has 2 aliphatic heterocycles. The van der Waals surface area contributed by atoms with Crippen LogP contribution in [-0.2, 0) is 17.8 Å². The van der Waals surface area contributed by atoms with Crippen LogP contribution in [0.1, 0.15) is 36.5 Å². The lowest BCUT2D eigenvalue weighted by molar-refractivity contribution is -0.129. The van der Waals surface area contributed by atoms with Gasteiger partial charge in [0.2, 0.25) is 5.91 Å². The molecule has 2 aliphatic rings. The maximum Gasteiger partial charge on any atom is 0.219 e. The van der Waals surface area contributed by atoms with Crippen LogP contribution in [0, 0.1) is 11.3 Å². The number of carbonyl (C=O) groups is 1. The molecule has 1 fully saturated rings. The van der Waals surface area contributed by atoms with Crippen molar-refractivity contribution in [1.82, 2.24) is 25.0 Å². The van der Waals surface area contributed by atoms with E-state index in [0.29, 0.717) is 54.3 Å². The Bertz CT molecular complexity index is 1270. The number of hydrogen-bond acceptors (Lipinski definition) is 8. The first-order chi connectivity index (χ1) is 17.5. The molecule has 2 aromatic heterocycles. The van der Waals surface area contributed by atoms with Gasteiger partial charge in [-0.05, 0) is 30.4 Å². The van der Waals surface area contributed by atoms with E-state index in [2.05, 4.69) is 61.0 Å². The third-order valence-corrected chi connectivity index (χ3v) is 7.18. The quantitative estimate of drug-likeness (QED) is 0.397. The fraction of sp³-hybridized carbons (Fsp3) is 0.462. The van der Waals surface area contributed by atoms with Gasteiger partial charge in [0.25, 0.3) is 0 Å². The number of anilines is 2. The Labute approximate surface area is 210 Å². The average Bonchev–Trinajstić information content (AvgIpc) is 3.32. The van der Waals surface area contributed by atoms with E-state index in [4.69, 9.17) is 0 Å². The summed E-state index contributed by atoms with van der Waals surface area (Å²) in [6.07, 6.45) is 3.61. The number of aromatic amines is 1. The fourth-order valence-corrected chi connectivity index (χ4v) is 5.18. The minimum Gasteiger partial charge on any atom is -0.390 e. The Hall–Kier alpha value is -3.68. The standard InChI is InChI=1S/C26H32N8O2/c1-17(35)34-10-7-21(8-11-34)30-26-24-23(20(12-27)13-28-26)25(32-31-24)29-14-22(36)16-33-9-6-18-4-2-3-5-19(18)15-33/h2-5,13,21-22,36H,6-11,14-16H2,1H3,(H,28,30)(H2,29,31,32). The molecule has 188 valence electrons. The molecule has 10 nitrogen and oxygen atoms in total. The lowest BCUT2D eigenvalue weighted by Crippen LogP contribution is -2.41. The van der Waals surface area contributed by atoms with Crippen LogP contribution in [0.3, 0.4) is 0 Å². The summed E-state index contributed by atoms with van der Waals surface area (Å²) in [6, 6.07) is 10.8. The number of carbonyl (C=O) groups excluding carboxylic acids is 1. The molecule has 1 aromatic carbocycles. The molecule has 0 saturated carbocycles. The molecule has 0 bridgehead atoms. The van der Waals surface area contributed by atoms with E-state index in [1.54, 1.807) is 13.1 Å². The molecule has 1 saturated heterocycles. The van der Waals surface area contributed by atoms with E-state index in [9.17, 15) is 15.2 Å². The monoisotopic (exact) mass is 488 g/mol. The van der Waals surface area contributed by atoms with Gasteiger partial charge in [-0.15, -0.1) is 0 Å². The van der Waals surface area contributed by atoms with Crippen molar-refractivity contribution in [3.8, 4) is 6.07 Å². The molecule has 0 aliphatic carbocycles. The first-order valence-corrected chi connectivity index (χ1v) is 12.5. The summed E-state index contributed by atoms with van der Waals surface area (Å²) in [4.78, 5) is 20.2. The van der Waals surface area contributed by atoms with Crippen LogP contribution in [0.5, 0.6) is 0 Å². The highest BCUT2D eigenvalue weighted by molar-refractivity contribution is 6.00. The van der Waals surface area contributed by atoms with E-state index in [0.717, 1.165) is 32.4 Å². The lowest BCUT2D eigenvalue weighted by Gasteiger charge is -2.32. The van der Waals surface area contributed by atoms with Crippen molar-refractivity contribution in [2.24, 2.45) is 0 Å². The molecule has 1 unspecified atom stereocenters. The molecular weight excluding hydrogens is 456 g/mol. The molecule has 3 aromatic rings. The normalized spacial score (nSPS) is 17.4. The number of likely N-dealkylation sites (tertiary alicyclic amines) is 1. The van der Waals surface area contributed by atoms with Crippen molar-refractivity contribution in [2.45, 2.75) is 44.9 Å². The van der Waals surface area contributed by atoms with Crippen LogP contribution in [0.15, 0.2) is 30.5 Å². The largest absolute Gasteiger partial charge is 0.390 e. The Morgan fingerprint density at radius 2 is 2.03 bits per heavy atom. The number of amides is 1. The van der Waals surface area contributed by atoms with Crippen molar-refractivity contribution in [1.29, 1.82) is 5.26 Å². The van der Waals surface area contributed by atoms with Gasteiger partial charge in [0.05, 0.1) is 17.1 Å². The Morgan fingerprint density at radius 1 is 1.25 bits per heavy atom. The van der Waals surface area contributed by atoms with Crippen molar-refractivity contribution >= 4 is 28.4 Å². The summed E-state index contributed by atoms with van der Waals surface area (Å²) >= 11 is 0. The lowest BCUT2D eigenvalue weighted by atomic mass is 10.00. The zero-order valence-corrected chi connectivity index (χ0v) is 20.5. The van der Waals surface area contributed by atoms with Gasteiger partial charge in [0, 0.05) is 58.4 Å². The molecule has 1 atom stereocenters. The van der Waals surface area contributed by atoms with Crippen LogP contribution >= 0.6 is 0 Å². The number of piperidine rings is 1. The number of nitriles is 1. The maximum absolute atomic E-state index is 11.6. The number of aliphatic hydroxyl groups is 1. The number of benzene rings is 1. The predicted octanol–water partition coefficient (Wildman–Crippen LogP) is 2.08. The van der Waals surface area contributed by atoms with Gasteiger partial charge < -0.3 is 20.6 Å². The molecule has 0 radical (unpaired) electrons. The van der Waals surface area contributed by atoms with Crippen molar-refractivity contribution in [3.63, 3.8) is 0 Å². The zero-order chi connectivity index (χ0) is 25.1. The predicted molar refractivity (Wildman–Crippen MR) is 137 cm³/mol. The first-order valence-electron chi connectivity index (χ1n) is 12.5. The third kappa shape index (κ3) is 5.12. The second kappa shape index (κ2) is 10.5. The number of β-amino-alcohol motifs (C(OH)–C–C–N with tert-alkyl or cyclic N) is 1. The SMILES string of the molecule is CC(=O)N1CCC(Nc2ncc(C#N)c3c(NCC(O)CN4CCc5ccccc5C4)n[nH]c23)CC1. The number of hydrogen-bond donors (Lipinski definition) is 4. The number of nitrogens with zero attached hydrogens (tertiary/aromatic N) is 5. The summed E-state index contributed by atoms with van der Waals surface area (Å²) in [7, 11) is 0. The molecule has 1 amide bonds. The molecule has 4 heterocycles. The number of aliphatic hydroxyl groups excluding tert-OH is 1. The smallest absolute Gasteiger partial charge is 0.219 e. The van der Waals surface area contributed by atoms with Gasteiger partial charge in [0.15, 0.2) is 11.6 Å². The highest BCUT2D eigenvalue weighted by atomic mass is 16.3. The third-order valence-electron chi connectivity index (χ3n) is 7.18. The second-order valence-corrected chi connectivity index (χ2v) is 9.67. The van der Waals surface area contributed by atoms with Crippen molar-refractivity contribution in [2.75, 3.05) is 43.4 Å². The van der Waals surface area contributed by atoms with Gasteiger partial charge in [0.1, 0.15) is 11.6 Å². The molecule has 10 heteroatoms. The van der Waals surface area contributed by atoms with Crippen LogP contribution in [0.4, 0.5) is 11.6 Å². The Balaban J connectivity index is 1.23. The van der Waals surface area contributed by atoms with Gasteiger partial charge in [-0.2, -0.15) is 10.4 Å². The zero-order valence-electron chi connectivity index (χ0n) is 20.5. The Morgan fingerprint density at radius 3 is 2.78 bits per heavy atom. The summed E-state index contributed by atoms with van der Waals surface area (Å²) in [5.41, 5.74) is 3.78. The summed E-state index contributed by atoms with van der Waals surface area (Å²) in [5.74, 6) is 1.27. The summed E-state index contributed by atoms with van der Waals surface area (Å²) in [6.45, 7) is 5.65. The van der Waals surface area contributed by atoms with E-state index in [1.165, 1.54) is 11.1 Å². The van der Waals surface area contributed by atoms with E-state index in [1.807, 2.05) is 4.90 Å². The van der Waals surface area contributed by atoms with Gasteiger partial charge in [-0.3, -0.25) is 14.8 Å². The van der Waals surface area contributed by atoms with Gasteiger partial charge >= 0.3 is 0 Å². The number of pyridine rings is 1. The Kier molecular flexibility index (Phi) is 7.02. The number of rotatable bonds is 7. The minimum atomic E-state index is -0.585. The van der Waals surface area contributed by atoms with Crippen LogP contribution in [0.25, 0.3) is 10.9 Å². The molecule has 4 N–H and O–H groups in total. The average molecular weight is 489 g/mol. The van der Waals surface area contributed by atoms with Crippen molar-refractivity contribution < 1.29 is 9.90 Å². The van der Waals surface area contributed by atoms with E-state index >= 15 is 0 Å². The summed E-state index contributed by atoms with van der Waals surface area (Å²) in [5, 5.41) is 35.2. The topological polar surface area (TPSA) is 133 Å². The number of fused-ring (bicyclic) bond motifs is 2. The molecule has 0 spiro atoms. The molecule has 36 heavy (non-hydrogen) atoms. The maximum atomic E-state index is 11.6. The first kappa shape index (κ1) is 24.0. The van der Waals surface area contributed by atoms with Crippen LogP contribution < -0.4 is 10.6 Å². The summed E-state index contributed by atoms with van der Waals surface area (Å²) < 4.78 is 0. The molecule has 5 rings (SSSR count). The van der Waals surface area contributed by atoms with Gasteiger partial charge in [-0.1, -0.05) is 24.3 Å². The van der Waals surface area contributed by atoms with E-state index in [-0.39, 0.29) is 11.9 Å². The number of nitrogens with one attached hydrogen (secondary N) is 3. The number of H-pyrrole nitrogens is 1. The number of aromatic nitrogens is 3. The minimum absolute atomic E-state index is 0.101. The van der Waals surface area contributed by atoms with E-state index < -0.39 is 6.10 Å². The second-order valence-electron chi connectivity index (χ2n) is 9.67. The molecular formula is C26H32N8O2. The highest BCUT2D eigenvalue weighted by Gasteiger charge is 2.24. The van der Waals surface area contributed by atoms with Crippen LogP contribution in [0.2, 0.25) is 0 Å². The van der Waals surface area contributed by atoms with Crippen molar-refractivity contribution in [3.05, 3.63) is 47.2 Å². The highest BCUT2D eigenvalue weighted by Crippen LogP contribution is 2.30. The van der Waals surface area contributed by atoms with Gasteiger partial charge in [-0.25, -0.2) is 4.98 Å². The van der Waals surface area contributed by atoms with Crippen LogP contribution in [-0.4, -0.2) is 80.9 Å². The fourth-order valence-electron chi connectivity index (χ4n) is 5.18.